The molecular formula is C14H18N2O. The zero-order valence-electron chi connectivity index (χ0n) is 10.1. The number of hydrogen-bond acceptors (Lipinski definition) is 3. The van der Waals surface area contributed by atoms with Crippen LogP contribution in [0.15, 0.2) is 24.3 Å². The Hall–Kier alpha value is -1.53. The number of rotatable bonds is 3. The van der Waals surface area contributed by atoms with Gasteiger partial charge in [0, 0.05) is 12.1 Å². The van der Waals surface area contributed by atoms with Crippen LogP contribution in [0.3, 0.4) is 0 Å². The van der Waals surface area contributed by atoms with Crippen molar-refractivity contribution in [3.05, 3.63) is 29.8 Å². The van der Waals surface area contributed by atoms with Crippen molar-refractivity contribution in [3.8, 4) is 11.8 Å². The van der Waals surface area contributed by atoms with Gasteiger partial charge in [0.2, 0.25) is 0 Å². The highest BCUT2D eigenvalue weighted by Crippen LogP contribution is 2.27. The first-order valence-electron chi connectivity index (χ1n) is 6.15. The lowest BCUT2D eigenvalue weighted by Crippen LogP contribution is -2.33. The fourth-order valence-electron chi connectivity index (χ4n) is 2.53. The topological polar surface area (TPSA) is 56.0 Å². The molecule has 2 rings (SSSR count). The highest BCUT2D eigenvalue weighted by molar-refractivity contribution is 5.29. The maximum atomic E-state index is 9.44. The van der Waals surface area contributed by atoms with E-state index in [9.17, 15) is 5.11 Å². The van der Waals surface area contributed by atoms with Gasteiger partial charge in [0.05, 0.1) is 12.0 Å². The normalized spacial score (nSPS) is 25.4. The number of nitriles is 1. The van der Waals surface area contributed by atoms with E-state index in [1.54, 1.807) is 12.1 Å². The van der Waals surface area contributed by atoms with Crippen LogP contribution in [0.1, 0.15) is 37.8 Å². The van der Waals surface area contributed by atoms with E-state index in [0.717, 1.165) is 24.8 Å². The average Bonchev–Trinajstić information content (AvgIpc) is 2.76. The molecule has 3 unspecified atom stereocenters. The van der Waals surface area contributed by atoms with E-state index >= 15 is 0 Å². The maximum absolute atomic E-state index is 9.44. The van der Waals surface area contributed by atoms with Gasteiger partial charge in [-0.1, -0.05) is 18.6 Å². The highest BCUT2D eigenvalue weighted by Gasteiger charge is 2.28. The van der Waals surface area contributed by atoms with Crippen LogP contribution in [0.25, 0.3) is 0 Å². The van der Waals surface area contributed by atoms with Crippen LogP contribution in [-0.2, 0) is 0 Å². The number of benzene rings is 1. The summed E-state index contributed by atoms with van der Waals surface area (Å²) in [6.07, 6.45) is 3.20. The summed E-state index contributed by atoms with van der Waals surface area (Å²) in [5.74, 6) is 0.425. The van der Waals surface area contributed by atoms with E-state index in [2.05, 4.69) is 18.3 Å². The molecule has 0 aliphatic heterocycles. The average molecular weight is 230 g/mol. The predicted molar refractivity (Wildman–Crippen MR) is 66.4 cm³/mol. The molecule has 0 bridgehead atoms. The van der Waals surface area contributed by atoms with Gasteiger partial charge < -0.3 is 10.4 Å². The van der Waals surface area contributed by atoms with Gasteiger partial charge in [0.25, 0.3) is 0 Å². The molecule has 90 valence electrons. The highest BCUT2D eigenvalue weighted by atomic mass is 16.3. The second-order valence-corrected chi connectivity index (χ2v) is 4.76. The van der Waals surface area contributed by atoms with E-state index in [0.29, 0.717) is 5.75 Å². The summed E-state index contributed by atoms with van der Waals surface area (Å²) in [7, 11) is 0. The minimum Gasteiger partial charge on any atom is -0.508 e. The summed E-state index contributed by atoms with van der Waals surface area (Å²) in [5.41, 5.74) is 1.06. The third-order valence-corrected chi connectivity index (χ3v) is 3.52. The van der Waals surface area contributed by atoms with Gasteiger partial charge >= 0.3 is 0 Å². The molecule has 0 heterocycles. The molecule has 0 spiro atoms. The van der Waals surface area contributed by atoms with E-state index in [1.165, 1.54) is 0 Å². The molecule has 0 saturated heterocycles. The molecule has 3 atom stereocenters. The van der Waals surface area contributed by atoms with Crippen molar-refractivity contribution in [1.82, 2.24) is 5.32 Å². The van der Waals surface area contributed by atoms with Crippen molar-refractivity contribution in [2.45, 2.75) is 38.3 Å². The maximum Gasteiger partial charge on any atom is 0.115 e. The van der Waals surface area contributed by atoms with Gasteiger partial charge in [0.1, 0.15) is 5.75 Å². The van der Waals surface area contributed by atoms with Crippen molar-refractivity contribution in [2.75, 3.05) is 0 Å². The van der Waals surface area contributed by atoms with Gasteiger partial charge in [-0.2, -0.15) is 5.26 Å². The number of hydrogen-bond donors (Lipinski definition) is 2. The summed E-state index contributed by atoms with van der Waals surface area (Å²) >= 11 is 0. The Bertz CT molecular complexity index is 424. The van der Waals surface area contributed by atoms with Crippen molar-refractivity contribution in [3.63, 3.8) is 0 Å². The van der Waals surface area contributed by atoms with Crippen LogP contribution in [0, 0.1) is 17.2 Å². The fourth-order valence-corrected chi connectivity index (χ4v) is 2.53. The monoisotopic (exact) mass is 230 g/mol. The fraction of sp³-hybridized carbons (Fsp3) is 0.500. The summed E-state index contributed by atoms with van der Waals surface area (Å²) in [4.78, 5) is 0. The number of nitrogens with one attached hydrogen (secondary N) is 1. The second kappa shape index (κ2) is 5.20. The molecule has 0 amide bonds. The van der Waals surface area contributed by atoms with Crippen molar-refractivity contribution in [2.24, 2.45) is 5.92 Å². The van der Waals surface area contributed by atoms with E-state index < -0.39 is 0 Å². The summed E-state index contributed by atoms with van der Waals surface area (Å²) in [5, 5.41) is 22.0. The first kappa shape index (κ1) is 11.9. The zero-order valence-corrected chi connectivity index (χ0v) is 10.1. The van der Waals surface area contributed by atoms with Crippen LogP contribution < -0.4 is 5.32 Å². The van der Waals surface area contributed by atoms with Gasteiger partial charge in [-0.3, -0.25) is 0 Å². The van der Waals surface area contributed by atoms with Gasteiger partial charge in [-0.05, 0) is 37.5 Å². The van der Waals surface area contributed by atoms with Crippen molar-refractivity contribution < 1.29 is 5.11 Å². The first-order valence-corrected chi connectivity index (χ1v) is 6.15. The lowest BCUT2D eigenvalue weighted by molar-refractivity contribution is 0.415. The van der Waals surface area contributed by atoms with Gasteiger partial charge in [-0.25, -0.2) is 0 Å². The molecular weight excluding hydrogens is 212 g/mol. The Kier molecular flexibility index (Phi) is 3.65. The lowest BCUT2D eigenvalue weighted by atomic mass is 10.0. The molecule has 0 radical (unpaired) electrons. The minimum absolute atomic E-state index is 0.134. The Morgan fingerprint density at radius 2 is 2.29 bits per heavy atom. The van der Waals surface area contributed by atoms with Crippen LogP contribution >= 0.6 is 0 Å². The molecule has 1 aromatic rings. The zero-order chi connectivity index (χ0) is 12.3. The lowest BCUT2D eigenvalue weighted by Gasteiger charge is -2.22. The van der Waals surface area contributed by atoms with Crippen molar-refractivity contribution >= 4 is 0 Å². The summed E-state index contributed by atoms with van der Waals surface area (Å²) < 4.78 is 0. The minimum atomic E-state index is 0.134. The molecule has 2 N–H and O–H groups in total. The first-order chi connectivity index (χ1) is 8.20. The SMILES string of the molecule is CC(NC1CCCC1C#N)c1cccc(O)c1. The van der Waals surface area contributed by atoms with Gasteiger partial charge in [0.15, 0.2) is 0 Å². The second-order valence-electron chi connectivity index (χ2n) is 4.76. The molecule has 0 aromatic heterocycles. The molecule has 3 nitrogen and oxygen atoms in total. The molecule has 1 aliphatic carbocycles. The molecule has 17 heavy (non-hydrogen) atoms. The quantitative estimate of drug-likeness (QED) is 0.839. The third kappa shape index (κ3) is 2.78. The molecule has 1 fully saturated rings. The Morgan fingerprint density at radius 1 is 1.47 bits per heavy atom. The molecule has 1 aliphatic rings. The van der Waals surface area contributed by atoms with Gasteiger partial charge in [-0.15, -0.1) is 0 Å². The number of nitrogens with zero attached hydrogens (tertiary/aromatic N) is 1. The Labute approximate surface area is 102 Å². The Morgan fingerprint density at radius 3 is 3.00 bits per heavy atom. The summed E-state index contributed by atoms with van der Waals surface area (Å²) in [6, 6.07) is 10.1. The molecule has 3 heteroatoms. The van der Waals surface area contributed by atoms with E-state index in [-0.39, 0.29) is 18.0 Å². The number of phenols is 1. The predicted octanol–water partition coefficient (Wildman–Crippen LogP) is 2.74. The summed E-state index contributed by atoms with van der Waals surface area (Å²) in [6.45, 7) is 2.07. The van der Waals surface area contributed by atoms with Crippen LogP contribution in [0.5, 0.6) is 5.75 Å². The van der Waals surface area contributed by atoms with E-state index in [4.69, 9.17) is 5.26 Å². The number of phenolic OH excluding ortho intramolecular Hbond substituents is 1. The Balaban J connectivity index is 2.02. The molecule has 1 aromatic carbocycles. The van der Waals surface area contributed by atoms with Crippen LogP contribution in [0.4, 0.5) is 0 Å². The van der Waals surface area contributed by atoms with E-state index in [1.807, 2.05) is 12.1 Å². The smallest absolute Gasteiger partial charge is 0.115 e. The van der Waals surface area contributed by atoms with Crippen LogP contribution in [-0.4, -0.2) is 11.1 Å². The van der Waals surface area contributed by atoms with Crippen LogP contribution in [0.2, 0.25) is 0 Å². The number of aromatic hydroxyl groups is 1. The molecule has 1 saturated carbocycles. The van der Waals surface area contributed by atoms with Crippen molar-refractivity contribution in [1.29, 1.82) is 5.26 Å². The largest absolute Gasteiger partial charge is 0.508 e. The third-order valence-electron chi connectivity index (χ3n) is 3.52. The standard InChI is InChI=1S/C14H18N2O/c1-10(11-4-2-6-13(17)8-11)16-14-7-3-5-12(14)9-15/h2,4,6,8,10,12,14,16-17H,3,5,7H2,1H3.